The van der Waals surface area contributed by atoms with E-state index in [1.165, 1.54) is 12.4 Å². The standard InChI is InChI=1S/C12H9N3O2/c13-7-10-12(15-6-5-14-10)17-11-4-2-1-3-9(11)8-16/h1-6,16H,8H2. The van der Waals surface area contributed by atoms with Crippen molar-refractivity contribution in [1.29, 1.82) is 5.26 Å². The van der Waals surface area contributed by atoms with Crippen molar-refractivity contribution < 1.29 is 9.84 Å². The van der Waals surface area contributed by atoms with E-state index in [4.69, 9.17) is 15.1 Å². The summed E-state index contributed by atoms with van der Waals surface area (Å²) in [6, 6.07) is 8.89. The Balaban J connectivity index is 2.35. The molecule has 2 rings (SSSR count). The number of hydrogen-bond acceptors (Lipinski definition) is 5. The zero-order chi connectivity index (χ0) is 12.1. The normalized spacial score (nSPS) is 9.65. The van der Waals surface area contributed by atoms with E-state index in [0.29, 0.717) is 11.3 Å². The van der Waals surface area contributed by atoms with Gasteiger partial charge in [-0.1, -0.05) is 18.2 Å². The fourth-order valence-corrected chi connectivity index (χ4v) is 1.31. The van der Waals surface area contributed by atoms with Gasteiger partial charge in [-0.05, 0) is 6.07 Å². The van der Waals surface area contributed by atoms with Gasteiger partial charge in [0.1, 0.15) is 11.8 Å². The van der Waals surface area contributed by atoms with Crippen LogP contribution < -0.4 is 4.74 Å². The Bertz CT molecular complexity index is 564. The summed E-state index contributed by atoms with van der Waals surface area (Å²) in [6.07, 6.45) is 2.86. The van der Waals surface area contributed by atoms with Crippen molar-refractivity contribution in [1.82, 2.24) is 9.97 Å². The molecule has 0 saturated carbocycles. The molecule has 0 amide bonds. The van der Waals surface area contributed by atoms with E-state index < -0.39 is 0 Å². The van der Waals surface area contributed by atoms with E-state index in [-0.39, 0.29) is 18.2 Å². The number of ether oxygens (including phenoxy) is 1. The fraction of sp³-hybridized carbons (Fsp3) is 0.0833. The predicted molar refractivity (Wildman–Crippen MR) is 59.2 cm³/mol. The number of nitriles is 1. The zero-order valence-electron chi connectivity index (χ0n) is 8.87. The van der Waals surface area contributed by atoms with Crippen molar-refractivity contribution in [3.63, 3.8) is 0 Å². The lowest BCUT2D eigenvalue weighted by molar-refractivity contribution is 0.276. The maximum Gasteiger partial charge on any atom is 0.256 e. The molecule has 0 aliphatic rings. The van der Waals surface area contributed by atoms with Crippen LogP contribution in [0.25, 0.3) is 0 Å². The van der Waals surface area contributed by atoms with Crippen LogP contribution in [0.5, 0.6) is 11.6 Å². The van der Waals surface area contributed by atoms with Crippen LogP contribution >= 0.6 is 0 Å². The third kappa shape index (κ3) is 2.38. The number of hydrogen-bond donors (Lipinski definition) is 1. The van der Waals surface area contributed by atoms with Gasteiger partial charge in [-0.15, -0.1) is 0 Å². The molecule has 0 aliphatic carbocycles. The summed E-state index contributed by atoms with van der Waals surface area (Å²) >= 11 is 0. The molecule has 0 unspecified atom stereocenters. The Hall–Kier alpha value is -2.45. The van der Waals surface area contributed by atoms with Crippen LogP contribution in [-0.4, -0.2) is 15.1 Å². The minimum absolute atomic E-state index is 0.111. The highest BCUT2D eigenvalue weighted by Gasteiger charge is 2.09. The lowest BCUT2D eigenvalue weighted by atomic mass is 10.2. The third-order valence-electron chi connectivity index (χ3n) is 2.12. The lowest BCUT2D eigenvalue weighted by Gasteiger charge is -2.08. The predicted octanol–water partition coefficient (Wildman–Crippen LogP) is 1.63. The van der Waals surface area contributed by atoms with Crippen LogP contribution in [0.3, 0.4) is 0 Å². The molecule has 2 aromatic rings. The van der Waals surface area contributed by atoms with Crippen molar-refractivity contribution in [3.05, 3.63) is 47.9 Å². The number of benzene rings is 1. The highest BCUT2D eigenvalue weighted by atomic mass is 16.5. The molecule has 1 N–H and O–H groups in total. The molecule has 84 valence electrons. The van der Waals surface area contributed by atoms with Gasteiger partial charge in [-0.2, -0.15) is 5.26 Å². The Labute approximate surface area is 98.0 Å². The molecule has 0 bridgehead atoms. The number of nitrogens with zero attached hydrogens (tertiary/aromatic N) is 3. The molecule has 17 heavy (non-hydrogen) atoms. The molecular formula is C12H9N3O2. The first-order valence-electron chi connectivity index (χ1n) is 4.93. The first-order chi connectivity index (χ1) is 8.35. The molecule has 0 saturated heterocycles. The van der Waals surface area contributed by atoms with E-state index in [9.17, 15) is 0 Å². The van der Waals surface area contributed by atoms with Gasteiger partial charge in [-0.3, -0.25) is 0 Å². The Morgan fingerprint density at radius 2 is 2.00 bits per heavy atom. The summed E-state index contributed by atoms with van der Waals surface area (Å²) in [7, 11) is 0. The SMILES string of the molecule is N#Cc1nccnc1Oc1ccccc1CO. The lowest BCUT2D eigenvalue weighted by Crippen LogP contribution is -1.96. The fourth-order valence-electron chi connectivity index (χ4n) is 1.31. The first-order valence-corrected chi connectivity index (χ1v) is 4.93. The van der Waals surface area contributed by atoms with Gasteiger partial charge < -0.3 is 9.84 Å². The molecule has 0 spiro atoms. The van der Waals surface area contributed by atoms with Gasteiger partial charge >= 0.3 is 0 Å². The third-order valence-corrected chi connectivity index (χ3v) is 2.12. The summed E-state index contributed by atoms with van der Waals surface area (Å²) in [4.78, 5) is 7.77. The Morgan fingerprint density at radius 3 is 2.76 bits per heavy atom. The van der Waals surface area contributed by atoms with Crippen molar-refractivity contribution in [2.75, 3.05) is 0 Å². The molecule has 1 heterocycles. The highest BCUT2D eigenvalue weighted by Crippen LogP contribution is 2.24. The second-order valence-corrected chi connectivity index (χ2v) is 3.19. The average Bonchev–Trinajstić information content (AvgIpc) is 2.40. The summed E-state index contributed by atoms with van der Waals surface area (Å²) in [6.45, 7) is -0.141. The topological polar surface area (TPSA) is 79.0 Å². The van der Waals surface area contributed by atoms with Gasteiger partial charge in [0, 0.05) is 18.0 Å². The van der Waals surface area contributed by atoms with Crippen LogP contribution in [0.15, 0.2) is 36.7 Å². The molecule has 5 nitrogen and oxygen atoms in total. The quantitative estimate of drug-likeness (QED) is 0.862. The van der Waals surface area contributed by atoms with Crippen LogP contribution in [0, 0.1) is 11.3 Å². The van der Waals surface area contributed by atoms with Gasteiger partial charge in [0.2, 0.25) is 5.69 Å². The Kier molecular flexibility index (Phi) is 3.28. The van der Waals surface area contributed by atoms with Crippen LogP contribution in [0.4, 0.5) is 0 Å². The number of rotatable bonds is 3. The van der Waals surface area contributed by atoms with E-state index in [1.54, 1.807) is 24.3 Å². The molecule has 1 aromatic carbocycles. The van der Waals surface area contributed by atoms with E-state index in [0.717, 1.165) is 0 Å². The largest absolute Gasteiger partial charge is 0.436 e. The van der Waals surface area contributed by atoms with E-state index in [1.807, 2.05) is 6.07 Å². The zero-order valence-corrected chi connectivity index (χ0v) is 8.87. The average molecular weight is 227 g/mol. The molecule has 0 aliphatic heterocycles. The number of aromatic nitrogens is 2. The second-order valence-electron chi connectivity index (χ2n) is 3.19. The van der Waals surface area contributed by atoms with Gasteiger partial charge in [-0.25, -0.2) is 9.97 Å². The highest BCUT2D eigenvalue weighted by molar-refractivity contribution is 5.39. The summed E-state index contributed by atoms with van der Waals surface area (Å²) in [5.74, 6) is 0.600. The number of aliphatic hydroxyl groups excluding tert-OH is 1. The maximum atomic E-state index is 9.14. The monoisotopic (exact) mass is 227 g/mol. The van der Waals surface area contributed by atoms with Crippen molar-refractivity contribution >= 4 is 0 Å². The van der Waals surface area contributed by atoms with Crippen LogP contribution in [0.2, 0.25) is 0 Å². The summed E-state index contributed by atoms with van der Waals surface area (Å²) in [5.41, 5.74) is 0.738. The molecular weight excluding hydrogens is 218 g/mol. The van der Waals surface area contributed by atoms with Gasteiger partial charge in [0.15, 0.2) is 0 Å². The number of para-hydroxylation sites is 1. The van der Waals surface area contributed by atoms with Crippen molar-refractivity contribution in [3.8, 4) is 17.7 Å². The first kappa shape index (κ1) is 11.0. The number of aliphatic hydroxyl groups is 1. The molecule has 0 radical (unpaired) electrons. The molecule has 0 fully saturated rings. The van der Waals surface area contributed by atoms with Crippen molar-refractivity contribution in [2.45, 2.75) is 6.61 Å². The second kappa shape index (κ2) is 5.05. The summed E-state index contributed by atoms with van der Waals surface area (Å²) < 4.78 is 5.47. The molecule has 1 aromatic heterocycles. The van der Waals surface area contributed by atoms with Crippen LogP contribution in [-0.2, 0) is 6.61 Å². The smallest absolute Gasteiger partial charge is 0.256 e. The van der Waals surface area contributed by atoms with E-state index in [2.05, 4.69) is 9.97 Å². The molecule has 0 atom stereocenters. The minimum atomic E-state index is -0.141. The molecule has 5 heteroatoms. The Morgan fingerprint density at radius 1 is 1.24 bits per heavy atom. The van der Waals surface area contributed by atoms with Crippen LogP contribution in [0.1, 0.15) is 11.3 Å². The van der Waals surface area contributed by atoms with Gasteiger partial charge in [0.25, 0.3) is 5.88 Å². The minimum Gasteiger partial charge on any atom is -0.436 e. The van der Waals surface area contributed by atoms with E-state index >= 15 is 0 Å². The van der Waals surface area contributed by atoms with Gasteiger partial charge in [0.05, 0.1) is 6.61 Å². The van der Waals surface area contributed by atoms with Crippen molar-refractivity contribution in [2.24, 2.45) is 0 Å². The summed E-state index contributed by atoms with van der Waals surface area (Å²) in [5, 5.41) is 18.0. The maximum absolute atomic E-state index is 9.14.